The zero-order chi connectivity index (χ0) is 11.0. The van der Waals surface area contributed by atoms with Crippen molar-refractivity contribution in [3.63, 3.8) is 0 Å². The van der Waals surface area contributed by atoms with Crippen LogP contribution in [0.5, 0.6) is 0 Å². The molecule has 1 heterocycles. The molecule has 0 aliphatic carbocycles. The summed E-state index contributed by atoms with van der Waals surface area (Å²) >= 11 is 0. The van der Waals surface area contributed by atoms with E-state index in [-0.39, 0.29) is 5.69 Å². The second kappa shape index (κ2) is 3.34. The second-order valence-electron chi connectivity index (χ2n) is 3.35. The van der Waals surface area contributed by atoms with Crippen molar-refractivity contribution in [3.05, 3.63) is 34.0 Å². The molecule has 1 aromatic heterocycles. The zero-order valence-corrected chi connectivity index (χ0v) is 8.60. The standard InChI is InChI=1S/C10H11N3O2/c1-3-8-7-5-4-6-9(13(14)15)10(7)11-12(8)2/h4-6H,3H2,1-2H3. The van der Waals surface area contributed by atoms with Crippen LogP contribution in [0, 0.1) is 10.1 Å². The maximum atomic E-state index is 10.8. The van der Waals surface area contributed by atoms with Gasteiger partial charge in [-0.1, -0.05) is 19.1 Å². The number of rotatable bonds is 2. The van der Waals surface area contributed by atoms with E-state index >= 15 is 0 Å². The molecule has 0 aliphatic heterocycles. The molecule has 0 spiro atoms. The Morgan fingerprint density at radius 3 is 2.87 bits per heavy atom. The summed E-state index contributed by atoms with van der Waals surface area (Å²) in [6.07, 6.45) is 0.814. The van der Waals surface area contributed by atoms with Gasteiger partial charge in [0.15, 0.2) is 5.52 Å². The number of hydrogen-bond acceptors (Lipinski definition) is 3. The third kappa shape index (κ3) is 1.36. The first-order chi connectivity index (χ1) is 7.15. The first-order valence-corrected chi connectivity index (χ1v) is 4.74. The van der Waals surface area contributed by atoms with Gasteiger partial charge in [0.05, 0.1) is 4.92 Å². The number of aromatic nitrogens is 2. The Labute approximate surface area is 86.5 Å². The van der Waals surface area contributed by atoms with Gasteiger partial charge < -0.3 is 0 Å². The predicted molar refractivity (Wildman–Crippen MR) is 56.7 cm³/mol. The molecule has 0 unspecified atom stereocenters. The van der Waals surface area contributed by atoms with Gasteiger partial charge in [0.2, 0.25) is 0 Å². The molecule has 0 saturated heterocycles. The van der Waals surface area contributed by atoms with Crippen molar-refractivity contribution in [1.29, 1.82) is 0 Å². The molecular formula is C10H11N3O2. The van der Waals surface area contributed by atoms with Crippen molar-refractivity contribution in [2.45, 2.75) is 13.3 Å². The number of nitro benzene ring substituents is 1. The van der Waals surface area contributed by atoms with Crippen LogP contribution in [0.2, 0.25) is 0 Å². The molecule has 78 valence electrons. The number of fused-ring (bicyclic) bond motifs is 1. The first kappa shape index (κ1) is 9.64. The van der Waals surface area contributed by atoms with Gasteiger partial charge in [-0.05, 0) is 6.42 Å². The molecular weight excluding hydrogens is 194 g/mol. The Kier molecular flexibility index (Phi) is 2.15. The fourth-order valence-corrected chi connectivity index (χ4v) is 1.82. The van der Waals surface area contributed by atoms with Gasteiger partial charge in [-0.3, -0.25) is 14.8 Å². The third-order valence-corrected chi connectivity index (χ3v) is 2.50. The Hall–Kier alpha value is -1.91. The topological polar surface area (TPSA) is 61.0 Å². The summed E-state index contributed by atoms with van der Waals surface area (Å²) in [6, 6.07) is 5.05. The van der Waals surface area contributed by atoms with Gasteiger partial charge in [0.1, 0.15) is 0 Å². The van der Waals surface area contributed by atoms with Crippen molar-refractivity contribution in [1.82, 2.24) is 9.78 Å². The van der Waals surface area contributed by atoms with E-state index < -0.39 is 4.92 Å². The lowest BCUT2D eigenvalue weighted by atomic mass is 10.1. The molecule has 0 saturated carbocycles. The number of non-ortho nitro benzene ring substituents is 1. The van der Waals surface area contributed by atoms with Crippen LogP contribution in [0.15, 0.2) is 18.2 Å². The molecule has 0 N–H and O–H groups in total. The lowest BCUT2D eigenvalue weighted by molar-refractivity contribution is -0.383. The van der Waals surface area contributed by atoms with Crippen molar-refractivity contribution >= 4 is 16.6 Å². The van der Waals surface area contributed by atoms with Crippen LogP contribution in [0.3, 0.4) is 0 Å². The van der Waals surface area contributed by atoms with Crippen LogP contribution in [0.4, 0.5) is 5.69 Å². The Bertz CT molecular complexity index is 531. The smallest absolute Gasteiger partial charge is 0.271 e. The molecule has 0 amide bonds. The van der Waals surface area contributed by atoms with E-state index in [2.05, 4.69) is 5.10 Å². The number of aryl methyl sites for hydroxylation is 2. The normalized spacial score (nSPS) is 10.8. The van der Waals surface area contributed by atoms with E-state index in [1.54, 1.807) is 10.7 Å². The summed E-state index contributed by atoms with van der Waals surface area (Å²) in [7, 11) is 1.81. The molecule has 0 atom stereocenters. The van der Waals surface area contributed by atoms with E-state index in [1.165, 1.54) is 6.07 Å². The number of benzene rings is 1. The van der Waals surface area contributed by atoms with Crippen molar-refractivity contribution in [2.24, 2.45) is 7.05 Å². The molecule has 5 heteroatoms. The Morgan fingerprint density at radius 1 is 1.53 bits per heavy atom. The molecule has 0 radical (unpaired) electrons. The van der Waals surface area contributed by atoms with Crippen LogP contribution >= 0.6 is 0 Å². The minimum absolute atomic E-state index is 0.0720. The highest BCUT2D eigenvalue weighted by molar-refractivity contribution is 5.89. The maximum Gasteiger partial charge on any atom is 0.297 e. The molecule has 0 bridgehead atoms. The summed E-state index contributed by atoms with van der Waals surface area (Å²) in [5.74, 6) is 0. The average molecular weight is 205 g/mol. The number of nitrogens with zero attached hydrogens (tertiary/aromatic N) is 3. The van der Waals surface area contributed by atoms with E-state index in [4.69, 9.17) is 0 Å². The van der Waals surface area contributed by atoms with Gasteiger partial charge in [-0.2, -0.15) is 5.10 Å². The van der Waals surface area contributed by atoms with Crippen LogP contribution in [0.1, 0.15) is 12.6 Å². The van der Waals surface area contributed by atoms with Gasteiger partial charge in [-0.15, -0.1) is 0 Å². The fraction of sp³-hybridized carbons (Fsp3) is 0.300. The van der Waals surface area contributed by atoms with Gasteiger partial charge in [0.25, 0.3) is 5.69 Å². The highest BCUT2D eigenvalue weighted by Crippen LogP contribution is 2.26. The monoisotopic (exact) mass is 205 g/mol. The molecule has 2 rings (SSSR count). The minimum Gasteiger partial charge on any atom is -0.271 e. The van der Waals surface area contributed by atoms with Crippen LogP contribution < -0.4 is 0 Å². The number of nitro groups is 1. The quantitative estimate of drug-likeness (QED) is 0.556. The summed E-state index contributed by atoms with van der Waals surface area (Å²) in [5, 5.41) is 15.8. The summed E-state index contributed by atoms with van der Waals surface area (Å²) in [4.78, 5) is 10.4. The second-order valence-corrected chi connectivity index (χ2v) is 3.35. The van der Waals surface area contributed by atoms with Crippen LogP contribution in [-0.4, -0.2) is 14.7 Å². The van der Waals surface area contributed by atoms with E-state index in [0.717, 1.165) is 17.5 Å². The summed E-state index contributed by atoms with van der Waals surface area (Å²) < 4.78 is 1.71. The van der Waals surface area contributed by atoms with Crippen LogP contribution in [0.25, 0.3) is 10.9 Å². The van der Waals surface area contributed by atoms with Gasteiger partial charge in [0, 0.05) is 24.2 Å². The predicted octanol–water partition coefficient (Wildman–Crippen LogP) is 2.04. The largest absolute Gasteiger partial charge is 0.297 e. The van der Waals surface area contributed by atoms with Crippen LogP contribution in [-0.2, 0) is 13.5 Å². The van der Waals surface area contributed by atoms with E-state index in [0.29, 0.717) is 5.52 Å². The average Bonchev–Trinajstić information content (AvgIpc) is 2.52. The molecule has 2 aromatic rings. The highest BCUT2D eigenvalue weighted by atomic mass is 16.6. The number of hydrogen-bond donors (Lipinski definition) is 0. The fourth-order valence-electron chi connectivity index (χ4n) is 1.82. The van der Waals surface area contributed by atoms with Crippen molar-refractivity contribution < 1.29 is 4.92 Å². The molecule has 0 aliphatic rings. The molecule has 1 aromatic carbocycles. The highest BCUT2D eigenvalue weighted by Gasteiger charge is 2.17. The van der Waals surface area contributed by atoms with E-state index in [9.17, 15) is 10.1 Å². The lowest BCUT2D eigenvalue weighted by Crippen LogP contribution is -1.95. The molecule has 15 heavy (non-hydrogen) atoms. The lowest BCUT2D eigenvalue weighted by Gasteiger charge is -1.95. The van der Waals surface area contributed by atoms with E-state index in [1.807, 2.05) is 20.0 Å². The van der Waals surface area contributed by atoms with Gasteiger partial charge in [-0.25, -0.2) is 0 Å². The van der Waals surface area contributed by atoms with Crippen molar-refractivity contribution in [3.8, 4) is 0 Å². The third-order valence-electron chi connectivity index (χ3n) is 2.50. The Morgan fingerprint density at radius 2 is 2.27 bits per heavy atom. The van der Waals surface area contributed by atoms with Crippen molar-refractivity contribution in [2.75, 3.05) is 0 Å². The SMILES string of the molecule is CCc1c2cccc([N+](=O)[O-])c2nn1C. The molecule has 0 fully saturated rings. The van der Waals surface area contributed by atoms with Gasteiger partial charge >= 0.3 is 0 Å². The Balaban J connectivity index is 2.83. The maximum absolute atomic E-state index is 10.8. The molecule has 5 nitrogen and oxygen atoms in total. The minimum atomic E-state index is -0.394. The zero-order valence-electron chi connectivity index (χ0n) is 8.60. The first-order valence-electron chi connectivity index (χ1n) is 4.74. The summed E-state index contributed by atoms with van der Waals surface area (Å²) in [5.41, 5.74) is 1.57. The summed E-state index contributed by atoms with van der Waals surface area (Å²) in [6.45, 7) is 2.01.